The molecule has 0 N–H and O–H groups in total. The Morgan fingerprint density at radius 3 is 1.29 bits per heavy atom. The molecule has 0 saturated carbocycles. The minimum absolute atomic E-state index is 0.0839. The van der Waals surface area contributed by atoms with Crippen LogP contribution in [0, 0.1) is 0 Å². The molecular formula is C57H61NO6Si. The Labute approximate surface area is 386 Å². The van der Waals surface area contributed by atoms with Crippen LogP contribution in [0.15, 0.2) is 194 Å². The maximum atomic E-state index is 7.76. The maximum absolute atomic E-state index is 7.76. The smallest absolute Gasteiger partial charge is 0.261 e. The van der Waals surface area contributed by atoms with Crippen molar-refractivity contribution in [2.24, 2.45) is 0 Å². The highest BCUT2D eigenvalue weighted by molar-refractivity contribution is 6.99. The van der Waals surface area contributed by atoms with E-state index in [2.05, 4.69) is 196 Å². The van der Waals surface area contributed by atoms with E-state index in [0.29, 0.717) is 19.8 Å². The van der Waals surface area contributed by atoms with E-state index in [4.69, 9.17) is 28.1 Å². The standard InChI is InChI=1S/C57H61NO6Si/c1-56(2,3)65(51-23-15-9-16-24-51,52-25-17-10-18-26-52)64-42-54(62-40-43-27-33-48(59-4)34-28-43)55(63-41-44-29-35-49(60-5)36-30-44)53-39-58(53)57(45-19-11-7-12-20-45,46-21-13-8-14-22-46)47-31-37-50(61-6)38-32-47/h7-38,53-55H,39-42H2,1-6H3/t53-,54+,55+,58?/m0/s1. The van der Waals surface area contributed by atoms with Crippen molar-refractivity contribution in [2.75, 3.05) is 34.5 Å². The quantitative estimate of drug-likeness (QED) is 0.0429. The second-order valence-electron chi connectivity index (χ2n) is 17.7. The van der Waals surface area contributed by atoms with E-state index in [-0.39, 0.29) is 11.1 Å². The molecule has 65 heavy (non-hydrogen) atoms. The van der Waals surface area contributed by atoms with Crippen molar-refractivity contribution >= 4 is 18.7 Å². The fourth-order valence-corrected chi connectivity index (χ4v) is 14.1. The van der Waals surface area contributed by atoms with Crippen LogP contribution in [-0.4, -0.2) is 65.9 Å². The molecular weight excluding hydrogens is 823 g/mol. The Balaban J connectivity index is 1.27. The van der Waals surface area contributed by atoms with Gasteiger partial charge in [0.2, 0.25) is 0 Å². The summed E-state index contributed by atoms with van der Waals surface area (Å²) in [6.45, 7) is 8.71. The topological polar surface area (TPSA) is 58.4 Å². The lowest BCUT2D eigenvalue weighted by Gasteiger charge is -2.44. The molecule has 4 atom stereocenters. The Morgan fingerprint density at radius 1 is 0.492 bits per heavy atom. The third kappa shape index (κ3) is 9.69. The van der Waals surface area contributed by atoms with Crippen LogP contribution in [0.5, 0.6) is 17.2 Å². The summed E-state index contributed by atoms with van der Waals surface area (Å²) < 4.78 is 39.1. The highest BCUT2D eigenvalue weighted by Crippen LogP contribution is 2.50. The normalized spacial score (nSPS) is 16.0. The van der Waals surface area contributed by atoms with E-state index >= 15 is 0 Å². The van der Waals surface area contributed by atoms with Crippen molar-refractivity contribution in [3.05, 3.63) is 222 Å². The highest BCUT2D eigenvalue weighted by Gasteiger charge is 2.58. The molecule has 7 nitrogen and oxygen atoms in total. The first kappa shape index (κ1) is 45.6. The van der Waals surface area contributed by atoms with Crippen molar-refractivity contribution in [2.45, 2.75) is 62.8 Å². The van der Waals surface area contributed by atoms with Gasteiger partial charge in [-0.25, -0.2) is 0 Å². The maximum Gasteiger partial charge on any atom is 0.261 e. The molecule has 1 heterocycles. The van der Waals surface area contributed by atoms with Gasteiger partial charge in [-0.1, -0.05) is 178 Å². The molecule has 0 spiro atoms. The zero-order chi connectivity index (χ0) is 45.3. The van der Waals surface area contributed by atoms with E-state index in [0.717, 1.165) is 51.6 Å². The number of nitrogens with zero attached hydrogens (tertiary/aromatic N) is 1. The summed E-state index contributed by atoms with van der Waals surface area (Å²) in [5, 5.41) is 2.18. The predicted molar refractivity (Wildman–Crippen MR) is 263 cm³/mol. The zero-order valence-corrected chi connectivity index (χ0v) is 39.4. The average molecular weight is 884 g/mol. The molecule has 1 aliphatic rings. The molecule has 0 radical (unpaired) electrons. The number of hydrogen-bond donors (Lipinski definition) is 0. The van der Waals surface area contributed by atoms with E-state index in [1.165, 1.54) is 10.4 Å². The van der Waals surface area contributed by atoms with Gasteiger partial charge < -0.3 is 28.1 Å². The second-order valence-corrected chi connectivity index (χ2v) is 22.0. The van der Waals surface area contributed by atoms with Crippen LogP contribution >= 0.6 is 0 Å². The van der Waals surface area contributed by atoms with Crippen molar-refractivity contribution < 1.29 is 28.1 Å². The molecule has 0 aromatic heterocycles. The number of hydrogen-bond acceptors (Lipinski definition) is 7. The molecule has 1 saturated heterocycles. The lowest BCUT2D eigenvalue weighted by atomic mass is 9.76. The predicted octanol–water partition coefficient (Wildman–Crippen LogP) is 10.4. The van der Waals surface area contributed by atoms with Crippen molar-refractivity contribution in [3.63, 3.8) is 0 Å². The number of methoxy groups -OCH3 is 3. The molecule has 7 aromatic carbocycles. The van der Waals surface area contributed by atoms with Gasteiger partial charge >= 0.3 is 0 Å². The van der Waals surface area contributed by atoms with Gasteiger partial charge in [-0.05, 0) is 79.6 Å². The summed E-state index contributed by atoms with van der Waals surface area (Å²) >= 11 is 0. The van der Waals surface area contributed by atoms with Gasteiger partial charge in [-0.3, -0.25) is 4.90 Å². The molecule has 0 amide bonds. The van der Waals surface area contributed by atoms with Gasteiger partial charge in [0.05, 0.1) is 52.7 Å². The number of rotatable bonds is 20. The van der Waals surface area contributed by atoms with Crippen LogP contribution in [0.2, 0.25) is 5.04 Å². The summed E-state index contributed by atoms with van der Waals surface area (Å²) in [7, 11) is 2.08. The van der Waals surface area contributed by atoms with Gasteiger partial charge in [-0.15, -0.1) is 0 Å². The van der Waals surface area contributed by atoms with Crippen LogP contribution in [0.25, 0.3) is 0 Å². The molecule has 8 rings (SSSR count). The van der Waals surface area contributed by atoms with Crippen LogP contribution in [0.1, 0.15) is 48.6 Å². The van der Waals surface area contributed by atoms with Crippen LogP contribution in [0.4, 0.5) is 0 Å². The van der Waals surface area contributed by atoms with Gasteiger partial charge in [0.25, 0.3) is 8.32 Å². The van der Waals surface area contributed by atoms with Crippen molar-refractivity contribution in [1.82, 2.24) is 4.90 Å². The fraction of sp³-hybridized carbons (Fsp3) is 0.263. The largest absolute Gasteiger partial charge is 0.497 e. The monoisotopic (exact) mass is 883 g/mol. The Morgan fingerprint density at radius 2 is 0.877 bits per heavy atom. The minimum atomic E-state index is -3.00. The number of ether oxygens (including phenoxy) is 5. The Hall–Kier alpha value is -6.00. The van der Waals surface area contributed by atoms with E-state index < -0.39 is 26.1 Å². The lowest BCUT2D eigenvalue weighted by Crippen LogP contribution is -2.67. The molecule has 7 aromatic rings. The summed E-state index contributed by atoms with van der Waals surface area (Å²) in [5.41, 5.74) is 4.84. The van der Waals surface area contributed by atoms with E-state index in [1.807, 2.05) is 24.3 Å². The molecule has 8 heteroatoms. The molecule has 0 aliphatic carbocycles. The first-order valence-electron chi connectivity index (χ1n) is 22.5. The van der Waals surface area contributed by atoms with E-state index in [1.54, 1.807) is 21.3 Å². The first-order chi connectivity index (χ1) is 31.7. The van der Waals surface area contributed by atoms with Gasteiger partial charge in [0.15, 0.2) is 0 Å². The summed E-state index contributed by atoms with van der Waals surface area (Å²) in [4.78, 5) is 2.59. The van der Waals surface area contributed by atoms with E-state index in [9.17, 15) is 0 Å². The zero-order valence-electron chi connectivity index (χ0n) is 38.4. The van der Waals surface area contributed by atoms with Crippen LogP contribution in [0.3, 0.4) is 0 Å². The van der Waals surface area contributed by atoms with Crippen molar-refractivity contribution in [1.29, 1.82) is 0 Å². The highest BCUT2D eigenvalue weighted by atomic mass is 28.4. The SMILES string of the molecule is COc1ccc(CO[C@@H]([C@@H](CO[Si](c2ccccc2)(c2ccccc2)C(C)(C)C)OCc2ccc(OC)cc2)[C@@H]2CN2C(c2ccccc2)(c2ccccc2)c2ccc(OC)cc2)cc1. The third-order valence-corrected chi connectivity index (χ3v) is 17.8. The average Bonchev–Trinajstić information content (AvgIpc) is 4.15. The molecule has 1 unspecified atom stereocenters. The molecule has 334 valence electrons. The summed E-state index contributed by atoms with van der Waals surface area (Å²) in [5.74, 6) is 2.40. The number of benzene rings is 7. The van der Waals surface area contributed by atoms with Gasteiger partial charge in [0, 0.05) is 6.54 Å². The third-order valence-electron chi connectivity index (χ3n) is 12.8. The van der Waals surface area contributed by atoms with Crippen molar-refractivity contribution in [3.8, 4) is 17.2 Å². The second kappa shape index (κ2) is 20.4. The molecule has 1 aliphatic heterocycles. The molecule has 1 fully saturated rings. The van der Waals surface area contributed by atoms with Crippen LogP contribution in [-0.2, 0) is 32.7 Å². The Kier molecular flexibility index (Phi) is 14.3. The van der Waals surface area contributed by atoms with Gasteiger partial charge in [0.1, 0.15) is 29.5 Å². The first-order valence-corrected chi connectivity index (χ1v) is 24.4. The minimum Gasteiger partial charge on any atom is -0.497 e. The lowest BCUT2D eigenvalue weighted by molar-refractivity contribution is -0.106. The summed E-state index contributed by atoms with van der Waals surface area (Å²) in [6, 6.07) is 67.9. The van der Waals surface area contributed by atoms with Gasteiger partial charge in [-0.2, -0.15) is 0 Å². The van der Waals surface area contributed by atoms with Crippen LogP contribution < -0.4 is 24.6 Å². The summed E-state index contributed by atoms with van der Waals surface area (Å²) in [6.07, 6.45) is -0.925. The Bertz CT molecular complexity index is 2440. The molecule has 0 bridgehead atoms. The fourth-order valence-electron chi connectivity index (χ4n) is 9.52.